The van der Waals surface area contributed by atoms with E-state index in [2.05, 4.69) is 14.7 Å². The van der Waals surface area contributed by atoms with Gasteiger partial charge in [-0.1, -0.05) is 24.3 Å². The van der Waals surface area contributed by atoms with E-state index in [1.807, 2.05) is 36.4 Å². The zero-order valence-electron chi connectivity index (χ0n) is 15.0. The number of hydrogen-bond acceptors (Lipinski definition) is 6. The van der Waals surface area contributed by atoms with Crippen molar-refractivity contribution in [3.05, 3.63) is 77.4 Å². The molecule has 0 bridgehead atoms. The molecule has 0 fully saturated rings. The molecule has 0 aliphatic heterocycles. The maximum atomic E-state index is 12.6. The first-order valence-electron chi connectivity index (χ1n) is 8.48. The molecular formula is C20H17N3O3S2. The number of hydrogen-bond donors (Lipinski definition) is 1. The zero-order chi connectivity index (χ0) is 19.6. The minimum atomic E-state index is -3.71. The molecule has 142 valence electrons. The van der Waals surface area contributed by atoms with Crippen LogP contribution in [-0.2, 0) is 16.4 Å². The molecule has 2 aromatic carbocycles. The van der Waals surface area contributed by atoms with Gasteiger partial charge in [0, 0.05) is 29.1 Å². The normalized spacial score (nSPS) is 11.5. The molecule has 28 heavy (non-hydrogen) atoms. The first-order valence-corrected chi connectivity index (χ1v) is 10.8. The molecule has 6 nitrogen and oxygen atoms in total. The van der Waals surface area contributed by atoms with Gasteiger partial charge in [-0.2, -0.15) is 0 Å². The van der Waals surface area contributed by atoms with E-state index in [1.165, 1.54) is 11.3 Å². The zero-order valence-corrected chi connectivity index (χ0v) is 16.6. The summed E-state index contributed by atoms with van der Waals surface area (Å²) in [7, 11) is -2.08. The van der Waals surface area contributed by atoms with Crippen LogP contribution in [0.5, 0.6) is 5.75 Å². The molecule has 4 rings (SSSR count). The third kappa shape index (κ3) is 3.97. The largest absolute Gasteiger partial charge is 0.497 e. The monoisotopic (exact) mass is 411 g/mol. The van der Waals surface area contributed by atoms with Crippen molar-refractivity contribution in [2.45, 2.75) is 11.3 Å². The smallest absolute Gasteiger partial charge is 0.263 e. The van der Waals surface area contributed by atoms with E-state index < -0.39 is 10.0 Å². The second-order valence-corrected chi connectivity index (χ2v) is 8.70. The van der Waals surface area contributed by atoms with E-state index in [-0.39, 0.29) is 4.90 Å². The van der Waals surface area contributed by atoms with Gasteiger partial charge in [0.15, 0.2) is 5.13 Å². The lowest BCUT2D eigenvalue weighted by Gasteiger charge is -2.08. The van der Waals surface area contributed by atoms with Gasteiger partial charge in [0.05, 0.1) is 17.5 Å². The van der Waals surface area contributed by atoms with Gasteiger partial charge < -0.3 is 4.74 Å². The van der Waals surface area contributed by atoms with Crippen LogP contribution in [0, 0.1) is 0 Å². The Labute approximate surface area is 166 Å². The summed E-state index contributed by atoms with van der Waals surface area (Å²) < 4.78 is 32.9. The number of rotatable bonds is 6. The lowest BCUT2D eigenvalue weighted by atomic mass is 10.1. The van der Waals surface area contributed by atoms with E-state index in [9.17, 15) is 8.42 Å². The van der Waals surface area contributed by atoms with Crippen LogP contribution in [0.25, 0.3) is 10.9 Å². The number of nitrogens with one attached hydrogen (secondary N) is 1. The predicted octanol–water partition coefficient (Wildman–Crippen LogP) is 4.09. The minimum Gasteiger partial charge on any atom is -0.497 e. The summed E-state index contributed by atoms with van der Waals surface area (Å²) in [6.07, 6.45) is 2.20. The van der Waals surface area contributed by atoms with Crippen LogP contribution in [0.2, 0.25) is 0 Å². The highest BCUT2D eigenvalue weighted by atomic mass is 32.2. The van der Waals surface area contributed by atoms with Crippen molar-refractivity contribution in [3.8, 4) is 5.75 Å². The van der Waals surface area contributed by atoms with Crippen LogP contribution < -0.4 is 9.46 Å². The Morgan fingerprint density at radius 2 is 1.86 bits per heavy atom. The molecule has 0 radical (unpaired) electrons. The van der Waals surface area contributed by atoms with Crippen molar-refractivity contribution in [1.29, 1.82) is 0 Å². The molecule has 2 heterocycles. The number of anilines is 1. The molecule has 0 amide bonds. The molecule has 0 aliphatic rings. The van der Waals surface area contributed by atoms with Crippen LogP contribution in [0.4, 0.5) is 5.13 Å². The van der Waals surface area contributed by atoms with Gasteiger partial charge in [-0.15, -0.1) is 11.3 Å². The SMILES string of the molecule is COc1ccc(Cc2ccc3ccc(S(=O)(=O)Nc4nccs4)cc3n2)cc1. The Morgan fingerprint density at radius 3 is 2.57 bits per heavy atom. The lowest BCUT2D eigenvalue weighted by molar-refractivity contribution is 0.414. The maximum Gasteiger partial charge on any atom is 0.263 e. The van der Waals surface area contributed by atoms with Gasteiger partial charge in [0.25, 0.3) is 10.0 Å². The number of ether oxygens (including phenoxy) is 1. The van der Waals surface area contributed by atoms with Gasteiger partial charge in [-0.25, -0.2) is 13.4 Å². The molecule has 0 atom stereocenters. The van der Waals surface area contributed by atoms with Crippen molar-refractivity contribution in [2.75, 3.05) is 11.8 Å². The number of methoxy groups -OCH3 is 1. The molecule has 0 aliphatic carbocycles. The fourth-order valence-corrected chi connectivity index (χ4v) is 4.61. The molecule has 0 spiro atoms. The van der Waals surface area contributed by atoms with E-state index in [1.54, 1.807) is 36.9 Å². The number of thiazole rings is 1. The quantitative estimate of drug-likeness (QED) is 0.517. The fourth-order valence-electron chi connectivity index (χ4n) is 2.81. The van der Waals surface area contributed by atoms with Crippen LogP contribution in [-0.4, -0.2) is 25.5 Å². The Hall–Kier alpha value is -2.97. The van der Waals surface area contributed by atoms with Gasteiger partial charge in [-0.05, 0) is 35.9 Å². The highest BCUT2D eigenvalue weighted by molar-refractivity contribution is 7.93. The van der Waals surface area contributed by atoms with Gasteiger partial charge >= 0.3 is 0 Å². The second-order valence-electron chi connectivity index (χ2n) is 6.12. The van der Waals surface area contributed by atoms with Crippen LogP contribution >= 0.6 is 11.3 Å². The number of pyridine rings is 1. The van der Waals surface area contributed by atoms with Gasteiger partial charge in [-0.3, -0.25) is 9.71 Å². The van der Waals surface area contributed by atoms with E-state index in [4.69, 9.17) is 4.74 Å². The van der Waals surface area contributed by atoms with Crippen molar-refractivity contribution in [3.63, 3.8) is 0 Å². The summed E-state index contributed by atoms with van der Waals surface area (Å²) >= 11 is 1.23. The summed E-state index contributed by atoms with van der Waals surface area (Å²) in [5.41, 5.74) is 2.59. The number of fused-ring (bicyclic) bond motifs is 1. The topological polar surface area (TPSA) is 81.2 Å². The molecule has 0 unspecified atom stereocenters. The summed E-state index contributed by atoms with van der Waals surface area (Å²) in [6.45, 7) is 0. The molecule has 2 aromatic heterocycles. The molecule has 4 aromatic rings. The number of benzene rings is 2. The third-order valence-electron chi connectivity index (χ3n) is 4.23. The predicted molar refractivity (Wildman–Crippen MR) is 110 cm³/mol. The van der Waals surface area contributed by atoms with Crippen LogP contribution in [0.1, 0.15) is 11.3 Å². The Balaban J connectivity index is 1.62. The fraction of sp³-hybridized carbons (Fsp3) is 0.100. The molecule has 8 heteroatoms. The second kappa shape index (κ2) is 7.57. The molecule has 0 saturated carbocycles. The summed E-state index contributed by atoms with van der Waals surface area (Å²) in [4.78, 5) is 8.77. The summed E-state index contributed by atoms with van der Waals surface area (Å²) in [5, 5.41) is 2.93. The van der Waals surface area contributed by atoms with Crippen molar-refractivity contribution in [2.24, 2.45) is 0 Å². The van der Waals surface area contributed by atoms with Crippen molar-refractivity contribution < 1.29 is 13.2 Å². The van der Waals surface area contributed by atoms with Crippen LogP contribution in [0.15, 0.2) is 71.1 Å². The highest BCUT2D eigenvalue weighted by Crippen LogP contribution is 2.22. The third-order valence-corrected chi connectivity index (χ3v) is 6.38. The first kappa shape index (κ1) is 18.4. The van der Waals surface area contributed by atoms with Gasteiger partial charge in [0.2, 0.25) is 0 Å². The first-order chi connectivity index (χ1) is 13.5. The van der Waals surface area contributed by atoms with Crippen LogP contribution in [0.3, 0.4) is 0 Å². The molecular weight excluding hydrogens is 394 g/mol. The minimum absolute atomic E-state index is 0.157. The van der Waals surface area contributed by atoms with Crippen molar-refractivity contribution >= 4 is 37.4 Å². The van der Waals surface area contributed by atoms with Crippen molar-refractivity contribution in [1.82, 2.24) is 9.97 Å². The summed E-state index contributed by atoms with van der Waals surface area (Å²) in [6, 6.07) is 16.6. The van der Waals surface area contributed by atoms with Gasteiger partial charge in [0.1, 0.15) is 5.75 Å². The molecule has 1 N–H and O–H groups in total. The Bertz CT molecular complexity index is 1210. The Kier molecular flexibility index (Phi) is 4.97. The Morgan fingerprint density at radius 1 is 1.07 bits per heavy atom. The number of nitrogens with zero attached hydrogens (tertiary/aromatic N) is 2. The standard InChI is InChI=1S/C20H17N3O3S2/c1-26-17-7-2-14(3-8-17)12-16-6-4-15-5-9-18(13-19(15)22-16)28(24,25)23-20-21-10-11-27-20/h2-11,13H,12H2,1H3,(H,21,23). The van der Waals surface area contributed by atoms with E-state index >= 15 is 0 Å². The average Bonchev–Trinajstić information content (AvgIpc) is 3.20. The van der Waals surface area contributed by atoms with E-state index in [0.29, 0.717) is 17.1 Å². The number of aromatic nitrogens is 2. The molecule has 0 saturated heterocycles. The number of sulfonamides is 1. The average molecular weight is 412 g/mol. The lowest BCUT2D eigenvalue weighted by Crippen LogP contribution is -2.12. The highest BCUT2D eigenvalue weighted by Gasteiger charge is 2.16. The maximum absolute atomic E-state index is 12.6. The summed E-state index contributed by atoms with van der Waals surface area (Å²) in [5.74, 6) is 0.804. The van der Waals surface area contributed by atoms with E-state index in [0.717, 1.165) is 22.4 Å².